The van der Waals surface area contributed by atoms with E-state index in [1.165, 1.54) is 32.2 Å². The lowest BCUT2D eigenvalue weighted by Crippen LogP contribution is -2.41. The Kier molecular flexibility index (Phi) is 2.08. The Bertz CT molecular complexity index is 480. The minimum atomic E-state index is -1.64. The first-order valence-corrected chi connectivity index (χ1v) is 4.59. The van der Waals surface area contributed by atoms with Gasteiger partial charge < -0.3 is 14.7 Å². The van der Waals surface area contributed by atoms with Gasteiger partial charge in [-0.15, -0.1) is 0 Å². The van der Waals surface area contributed by atoms with E-state index < -0.39 is 17.7 Å². The van der Waals surface area contributed by atoms with Crippen LogP contribution in [-0.4, -0.2) is 11.9 Å². The fourth-order valence-corrected chi connectivity index (χ4v) is 1.72. The maximum absolute atomic E-state index is 11.5. The molecule has 0 radical (unpaired) electrons. The number of cyclic esters (lactones) is 1. The average molecular weight is 223 g/mol. The number of hydrogen-bond acceptors (Lipinski definition) is 5. The highest BCUT2D eigenvalue weighted by atomic mass is 16.7. The van der Waals surface area contributed by atoms with Crippen LogP contribution < -0.4 is 4.73 Å². The van der Waals surface area contributed by atoms with Gasteiger partial charge in [0.25, 0.3) is 5.69 Å². The molecule has 0 saturated carbocycles. The molecule has 1 aromatic heterocycles. The second-order valence-corrected chi connectivity index (χ2v) is 3.53. The van der Waals surface area contributed by atoms with Crippen molar-refractivity contribution in [3.8, 4) is 0 Å². The lowest BCUT2D eigenvalue weighted by atomic mass is 10.1. The van der Waals surface area contributed by atoms with Gasteiger partial charge >= 0.3 is 17.7 Å². The molecule has 0 saturated heterocycles. The summed E-state index contributed by atoms with van der Waals surface area (Å²) in [4.78, 5) is 22.4. The second-order valence-electron chi connectivity index (χ2n) is 3.53. The zero-order valence-electron chi connectivity index (χ0n) is 8.72. The summed E-state index contributed by atoms with van der Waals surface area (Å²) in [5.41, 5.74) is 0.108. The van der Waals surface area contributed by atoms with Crippen LogP contribution in [0, 0.1) is 5.21 Å². The summed E-state index contributed by atoms with van der Waals surface area (Å²) in [6.45, 7) is 2.53. The predicted octanol–water partition coefficient (Wildman–Crippen LogP) is 0.226. The van der Waals surface area contributed by atoms with Gasteiger partial charge in [0, 0.05) is 19.9 Å². The Morgan fingerprint density at radius 2 is 2.31 bits per heavy atom. The lowest BCUT2D eigenvalue weighted by Gasteiger charge is -2.20. The molecular weight excluding hydrogens is 214 g/mol. The number of nitrogens with zero attached hydrogens (tertiary/aromatic N) is 1. The van der Waals surface area contributed by atoms with Gasteiger partial charge in [0.15, 0.2) is 6.20 Å². The van der Waals surface area contributed by atoms with E-state index in [4.69, 9.17) is 9.47 Å². The third-order valence-corrected chi connectivity index (χ3v) is 2.24. The molecule has 0 fully saturated rings. The molecule has 1 atom stereocenters. The molecule has 0 N–H and O–H groups in total. The molecule has 84 valence electrons. The molecule has 0 aliphatic carbocycles. The molecule has 2 rings (SSSR count). The highest BCUT2D eigenvalue weighted by molar-refractivity contribution is 5.93. The van der Waals surface area contributed by atoms with Crippen LogP contribution in [0.2, 0.25) is 0 Å². The molecule has 2 heterocycles. The number of carbonyl (C=O) groups is 2. The molecule has 6 heteroatoms. The number of hydrogen-bond donors (Lipinski definition) is 0. The molecule has 16 heavy (non-hydrogen) atoms. The van der Waals surface area contributed by atoms with Crippen molar-refractivity contribution in [2.75, 3.05) is 0 Å². The number of fused-ring (bicyclic) bond motifs is 1. The van der Waals surface area contributed by atoms with E-state index in [1.54, 1.807) is 0 Å². The zero-order chi connectivity index (χ0) is 11.9. The quantitative estimate of drug-likeness (QED) is 0.386. The summed E-state index contributed by atoms with van der Waals surface area (Å²) in [7, 11) is 0. The smallest absolute Gasteiger partial charge is 0.348 e. The van der Waals surface area contributed by atoms with Crippen LogP contribution in [0.3, 0.4) is 0 Å². The van der Waals surface area contributed by atoms with Crippen molar-refractivity contribution in [1.29, 1.82) is 0 Å². The van der Waals surface area contributed by atoms with Gasteiger partial charge in [-0.25, -0.2) is 4.79 Å². The van der Waals surface area contributed by atoms with Crippen LogP contribution in [0.5, 0.6) is 0 Å². The average Bonchev–Trinajstić information content (AvgIpc) is 2.38. The standard InChI is InChI=1S/C10H9NO5/c1-6(12)15-10(2)8-7(9(13)16-10)4-3-5-11(8)14/h3-5H,1-2H3/t10-/m1/s1. The number of aromatic nitrogens is 1. The molecule has 1 aliphatic rings. The third-order valence-electron chi connectivity index (χ3n) is 2.24. The number of pyridine rings is 1. The van der Waals surface area contributed by atoms with Crippen molar-refractivity contribution in [2.45, 2.75) is 19.6 Å². The molecule has 6 nitrogen and oxygen atoms in total. The van der Waals surface area contributed by atoms with Gasteiger partial charge in [-0.05, 0) is 6.07 Å². The van der Waals surface area contributed by atoms with Crippen LogP contribution in [0.4, 0.5) is 0 Å². The van der Waals surface area contributed by atoms with Gasteiger partial charge in [0.2, 0.25) is 0 Å². The number of rotatable bonds is 1. The normalized spacial score (nSPS) is 22.5. The van der Waals surface area contributed by atoms with E-state index in [0.29, 0.717) is 4.73 Å². The summed E-state index contributed by atoms with van der Waals surface area (Å²) in [5, 5.41) is 11.5. The summed E-state index contributed by atoms with van der Waals surface area (Å²) in [5.74, 6) is -2.95. The summed E-state index contributed by atoms with van der Waals surface area (Å²) < 4.78 is 10.2. The lowest BCUT2D eigenvalue weighted by molar-refractivity contribution is -0.625. The van der Waals surface area contributed by atoms with Crippen LogP contribution in [0.25, 0.3) is 0 Å². The van der Waals surface area contributed by atoms with E-state index in [0.717, 1.165) is 0 Å². The van der Waals surface area contributed by atoms with E-state index in [2.05, 4.69) is 0 Å². The SMILES string of the molecule is CC(=O)O[C@]1(C)OC(=O)c2ccc[n+]([O-])c21. The van der Waals surface area contributed by atoms with Gasteiger partial charge in [0.05, 0.1) is 0 Å². The Morgan fingerprint density at radius 3 is 2.94 bits per heavy atom. The van der Waals surface area contributed by atoms with Gasteiger partial charge in [-0.1, -0.05) is 0 Å². The van der Waals surface area contributed by atoms with Crippen molar-refractivity contribution in [1.82, 2.24) is 0 Å². The molecule has 0 bridgehead atoms. The Hall–Kier alpha value is -2.11. The molecule has 1 aromatic rings. The predicted molar refractivity (Wildman–Crippen MR) is 49.9 cm³/mol. The Balaban J connectivity index is 2.57. The summed E-state index contributed by atoms with van der Waals surface area (Å²) in [6, 6.07) is 2.87. The zero-order valence-corrected chi connectivity index (χ0v) is 8.72. The maximum atomic E-state index is 11.5. The van der Waals surface area contributed by atoms with E-state index >= 15 is 0 Å². The molecule has 0 unspecified atom stereocenters. The van der Waals surface area contributed by atoms with Crippen LogP contribution >= 0.6 is 0 Å². The first-order chi connectivity index (χ1) is 7.44. The first-order valence-electron chi connectivity index (χ1n) is 4.59. The van der Waals surface area contributed by atoms with Gasteiger partial charge in [-0.2, -0.15) is 4.73 Å². The minimum Gasteiger partial charge on any atom is -0.618 e. The fourth-order valence-electron chi connectivity index (χ4n) is 1.72. The van der Waals surface area contributed by atoms with Crippen LogP contribution in [0.15, 0.2) is 18.3 Å². The highest BCUT2D eigenvalue weighted by Crippen LogP contribution is 2.34. The number of esters is 2. The molecule has 0 aromatic carbocycles. The summed E-state index contributed by atoms with van der Waals surface area (Å²) >= 11 is 0. The van der Waals surface area contributed by atoms with Gasteiger partial charge in [-0.3, -0.25) is 4.79 Å². The van der Waals surface area contributed by atoms with Crippen LogP contribution in [0.1, 0.15) is 29.9 Å². The van der Waals surface area contributed by atoms with Crippen LogP contribution in [-0.2, 0) is 20.1 Å². The third kappa shape index (κ3) is 1.39. The molecule has 1 aliphatic heterocycles. The largest absolute Gasteiger partial charge is 0.618 e. The summed E-state index contributed by atoms with van der Waals surface area (Å²) in [6.07, 6.45) is 1.21. The van der Waals surface area contributed by atoms with Crippen molar-refractivity contribution in [2.24, 2.45) is 0 Å². The number of carbonyl (C=O) groups excluding carboxylic acids is 2. The van der Waals surface area contributed by atoms with Crippen molar-refractivity contribution in [3.05, 3.63) is 34.8 Å². The Morgan fingerprint density at radius 1 is 1.62 bits per heavy atom. The first kappa shape index (κ1) is 10.4. The molecular formula is C10H9NO5. The van der Waals surface area contributed by atoms with Crippen molar-refractivity contribution < 1.29 is 23.8 Å². The highest BCUT2D eigenvalue weighted by Gasteiger charge is 2.52. The molecule has 0 amide bonds. The van der Waals surface area contributed by atoms with E-state index in [9.17, 15) is 14.8 Å². The fraction of sp³-hybridized carbons (Fsp3) is 0.300. The van der Waals surface area contributed by atoms with Crippen molar-refractivity contribution in [3.63, 3.8) is 0 Å². The maximum Gasteiger partial charge on any atom is 0.348 e. The second kappa shape index (κ2) is 3.19. The number of ether oxygens (including phenoxy) is 2. The monoisotopic (exact) mass is 223 g/mol. The van der Waals surface area contributed by atoms with E-state index in [1.807, 2.05) is 0 Å². The minimum absolute atomic E-state index is 0.00444. The van der Waals surface area contributed by atoms with E-state index in [-0.39, 0.29) is 11.3 Å². The van der Waals surface area contributed by atoms with Crippen molar-refractivity contribution >= 4 is 11.9 Å². The topological polar surface area (TPSA) is 79.5 Å². The molecule has 0 spiro atoms. The van der Waals surface area contributed by atoms with Gasteiger partial charge in [0.1, 0.15) is 5.56 Å². The Labute approximate surface area is 91.0 Å².